The van der Waals surface area contributed by atoms with E-state index in [2.05, 4.69) is 51.0 Å². The predicted molar refractivity (Wildman–Crippen MR) is 157 cm³/mol. The summed E-state index contributed by atoms with van der Waals surface area (Å²) in [5.74, 6) is 0. The van der Waals surface area contributed by atoms with Crippen molar-refractivity contribution in [1.82, 2.24) is 9.80 Å². The maximum atomic E-state index is 10.6. The van der Waals surface area contributed by atoms with Gasteiger partial charge in [-0.1, -0.05) is 24.3 Å². The third kappa shape index (κ3) is 7.74. The molecule has 5 rings (SSSR count). The molecule has 2 fully saturated rings. The van der Waals surface area contributed by atoms with Crippen LogP contribution in [0.4, 0.5) is 11.4 Å². The van der Waals surface area contributed by atoms with E-state index in [1.165, 1.54) is 37.1 Å². The molecule has 202 valence electrons. The molecule has 2 aliphatic rings. The van der Waals surface area contributed by atoms with Crippen LogP contribution in [-0.4, -0.2) is 67.9 Å². The molecule has 3 aromatic rings. The van der Waals surface area contributed by atoms with Crippen molar-refractivity contribution in [3.63, 3.8) is 0 Å². The van der Waals surface area contributed by atoms with Gasteiger partial charge in [0.1, 0.15) is 0 Å². The van der Waals surface area contributed by atoms with Crippen molar-refractivity contribution in [2.45, 2.75) is 32.2 Å². The van der Waals surface area contributed by atoms with Crippen molar-refractivity contribution in [1.29, 1.82) is 5.41 Å². The van der Waals surface area contributed by atoms with Crippen LogP contribution in [0.2, 0.25) is 0 Å². The largest absolute Gasteiger partial charge is 0.398 e. The number of likely N-dealkylation sites (tertiary alicyclic amines) is 1. The van der Waals surface area contributed by atoms with Crippen LogP contribution in [0.1, 0.15) is 48.1 Å². The average Bonchev–Trinajstić information content (AvgIpc) is 3.69. The molecule has 8 heteroatoms. The SMILES string of the molecule is CC(c1ccsc1)N1CCCC1.N=C(c1ccc(CCN2CCOCC2)cc1)c1cc(NC=O)ccc1N. The van der Waals surface area contributed by atoms with Crippen LogP contribution in [0.25, 0.3) is 0 Å². The van der Waals surface area contributed by atoms with E-state index >= 15 is 0 Å². The molecule has 2 aliphatic heterocycles. The maximum Gasteiger partial charge on any atom is 0.211 e. The Balaban J connectivity index is 0.000000232. The molecule has 38 heavy (non-hydrogen) atoms. The highest BCUT2D eigenvalue weighted by Gasteiger charge is 2.19. The molecule has 4 N–H and O–H groups in total. The Morgan fingerprint density at radius 1 is 1.11 bits per heavy atom. The highest BCUT2D eigenvalue weighted by atomic mass is 32.1. The monoisotopic (exact) mass is 533 g/mol. The van der Waals surface area contributed by atoms with Gasteiger partial charge < -0.3 is 15.8 Å². The summed E-state index contributed by atoms with van der Waals surface area (Å²) in [6.45, 7) is 9.53. The first-order valence-electron chi connectivity index (χ1n) is 13.4. The molecular weight excluding hydrogens is 494 g/mol. The van der Waals surface area contributed by atoms with Crippen LogP contribution in [0.15, 0.2) is 59.3 Å². The van der Waals surface area contributed by atoms with Crippen LogP contribution >= 0.6 is 11.3 Å². The van der Waals surface area contributed by atoms with Crippen LogP contribution in [-0.2, 0) is 16.0 Å². The number of hydrogen-bond donors (Lipinski definition) is 3. The zero-order valence-electron chi connectivity index (χ0n) is 22.2. The lowest BCUT2D eigenvalue weighted by atomic mass is 9.98. The minimum Gasteiger partial charge on any atom is -0.398 e. The number of anilines is 2. The van der Waals surface area contributed by atoms with E-state index in [9.17, 15) is 4.79 Å². The van der Waals surface area contributed by atoms with E-state index < -0.39 is 0 Å². The number of hydrogen-bond acceptors (Lipinski definition) is 7. The van der Waals surface area contributed by atoms with Gasteiger partial charge in [-0.05, 0) is 85.4 Å². The van der Waals surface area contributed by atoms with Crippen LogP contribution in [0.3, 0.4) is 0 Å². The standard InChI is InChI=1S/C20H24N4O2.C10H15NS/c21-19-6-5-17(23-14-25)13-18(19)20(22)16-3-1-15(2-4-16)7-8-24-9-11-26-12-10-24;1-9(10-4-7-12-8-10)11-5-2-3-6-11/h1-6,13-14,22H,7-12,21H2,(H,23,25);4,7-9H,2-3,5-6H2,1H3. The molecule has 1 aromatic heterocycles. The third-order valence-corrected chi connectivity index (χ3v) is 8.03. The summed E-state index contributed by atoms with van der Waals surface area (Å²) in [4.78, 5) is 15.6. The van der Waals surface area contributed by atoms with Gasteiger partial charge in [0, 0.05) is 48.2 Å². The number of nitrogens with zero attached hydrogens (tertiary/aromatic N) is 2. The number of nitrogens with two attached hydrogens (primary N) is 1. The van der Waals surface area contributed by atoms with Crippen LogP contribution in [0.5, 0.6) is 0 Å². The highest BCUT2D eigenvalue weighted by molar-refractivity contribution is 7.07. The zero-order chi connectivity index (χ0) is 26.7. The molecule has 1 atom stereocenters. The van der Waals surface area contributed by atoms with Crippen LogP contribution in [0, 0.1) is 5.41 Å². The summed E-state index contributed by atoms with van der Waals surface area (Å²) in [6.07, 6.45) is 4.36. The van der Waals surface area contributed by atoms with Crippen molar-refractivity contribution < 1.29 is 9.53 Å². The van der Waals surface area contributed by atoms with Gasteiger partial charge in [0.25, 0.3) is 0 Å². The van der Waals surface area contributed by atoms with Crippen molar-refractivity contribution in [2.75, 3.05) is 57.0 Å². The number of ether oxygens (including phenoxy) is 1. The molecule has 0 spiro atoms. The maximum absolute atomic E-state index is 10.6. The number of carbonyl (C=O) groups excluding carboxylic acids is 1. The van der Waals surface area contributed by atoms with E-state index in [0.717, 1.165) is 44.8 Å². The second-order valence-corrected chi connectivity index (χ2v) is 10.6. The van der Waals surface area contributed by atoms with Crippen molar-refractivity contribution in [3.8, 4) is 0 Å². The van der Waals surface area contributed by atoms with Gasteiger partial charge in [0.15, 0.2) is 0 Å². The summed E-state index contributed by atoms with van der Waals surface area (Å²) in [6, 6.07) is 16.1. The lowest BCUT2D eigenvalue weighted by Crippen LogP contribution is -2.37. The summed E-state index contributed by atoms with van der Waals surface area (Å²) in [5, 5.41) is 15.5. The number of benzene rings is 2. The van der Waals surface area contributed by atoms with Crippen molar-refractivity contribution in [3.05, 3.63) is 81.5 Å². The minimum atomic E-state index is 0.344. The Morgan fingerprint density at radius 2 is 1.84 bits per heavy atom. The summed E-state index contributed by atoms with van der Waals surface area (Å²) in [5.41, 5.74) is 11.6. The Morgan fingerprint density at radius 3 is 2.50 bits per heavy atom. The van der Waals surface area contributed by atoms with Gasteiger partial charge in [0.2, 0.25) is 6.41 Å². The molecule has 0 bridgehead atoms. The average molecular weight is 534 g/mol. The van der Waals surface area contributed by atoms with Crippen molar-refractivity contribution in [2.24, 2.45) is 0 Å². The smallest absolute Gasteiger partial charge is 0.211 e. The molecular formula is C30H39N5O2S. The van der Waals surface area contributed by atoms with E-state index in [0.29, 0.717) is 35.1 Å². The fourth-order valence-electron chi connectivity index (χ4n) is 4.89. The lowest BCUT2D eigenvalue weighted by molar-refractivity contribution is -0.105. The van der Waals surface area contributed by atoms with Gasteiger partial charge in [-0.2, -0.15) is 11.3 Å². The number of carbonyl (C=O) groups is 1. The molecule has 1 amide bonds. The topological polar surface area (TPSA) is 94.7 Å². The first-order chi connectivity index (χ1) is 18.5. The minimum absolute atomic E-state index is 0.344. The summed E-state index contributed by atoms with van der Waals surface area (Å²) in [7, 11) is 0. The molecule has 2 saturated heterocycles. The number of morpholine rings is 1. The van der Waals surface area contributed by atoms with E-state index in [-0.39, 0.29) is 0 Å². The quantitative estimate of drug-likeness (QED) is 0.204. The molecule has 2 aromatic carbocycles. The number of nitrogens with one attached hydrogen (secondary N) is 2. The van der Waals surface area contributed by atoms with Gasteiger partial charge in [-0.3, -0.25) is 20.0 Å². The fourth-order valence-corrected chi connectivity index (χ4v) is 5.64. The van der Waals surface area contributed by atoms with E-state index in [4.69, 9.17) is 15.9 Å². The Bertz CT molecular complexity index is 1150. The zero-order valence-corrected chi connectivity index (χ0v) is 23.0. The predicted octanol–water partition coefficient (Wildman–Crippen LogP) is 5.03. The highest BCUT2D eigenvalue weighted by Crippen LogP contribution is 2.25. The normalized spacial score (nSPS) is 16.9. The summed E-state index contributed by atoms with van der Waals surface area (Å²) < 4.78 is 5.37. The Hall–Kier alpha value is -3.04. The number of thiophene rings is 1. The third-order valence-electron chi connectivity index (χ3n) is 7.33. The number of amides is 1. The second-order valence-electron chi connectivity index (χ2n) is 9.82. The molecule has 0 aliphatic carbocycles. The molecule has 0 radical (unpaired) electrons. The van der Waals surface area contributed by atoms with Gasteiger partial charge >= 0.3 is 0 Å². The van der Waals surface area contributed by atoms with Crippen LogP contribution < -0.4 is 11.1 Å². The van der Waals surface area contributed by atoms with Crippen molar-refractivity contribution >= 4 is 34.8 Å². The van der Waals surface area contributed by atoms with E-state index in [1.807, 2.05) is 12.1 Å². The Kier molecular flexibility index (Phi) is 10.5. The van der Waals surface area contributed by atoms with Gasteiger partial charge in [-0.15, -0.1) is 0 Å². The number of nitrogen functional groups attached to an aromatic ring is 1. The van der Waals surface area contributed by atoms with E-state index in [1.54, 1.807) is 29.5 Å². The summed E-state index contributed by atoms with van der Waals surface area (Å²) >= 11 is 1.80. The lowest BCUT2D eigenvalue weighted by Gasteiger charge is -2.26. The molecule has 1 unspecified atom stereocenters. The second kappa shape index (κ2) is 14.2. The first kappa shape index (κ1) is 28.0. The number of rotatable bonds is 9. The molecule has 3 heterocycles. The Labute approximate surface area is 230 Å². The fraction of sp³-hybridized carbons (Fsp3) is 0.400. The molecule has 7 nitrogen and oxygen atoms in total. The first-order valence-corrected chi connectivity index (χ1v) is 14.3. The van der Waals surface area contributed by atoms with Gasteiger partial charge in [-0.25, -0.2) is 0 Å². The van der Waals surface area contributed by atoms with Gasteiger partial charge in [0.05, 0.1) is 18.9 Å². The molecule has 0 saturated carbocycles.